The van der Waals surface area contributed by atoms with Crippen molar-refractivity contribution in [3.8, 4) is 0 Å². The van der Waals surface area contributed by atoms with Gasteiger partial charge in [0, 0.05) is 50.9 Å². The molecule has 0 aliphatic rings. The lowest BCUT2D eigenvalue weighted by atomic mass is 10.0. The number of carbonyl (C=O) groups is 13. The molecule has 28 nitrogen and oxygen atoms in total. The van der Waals surface area contributed by atoms with E-state index in [0.29, 0.717) is 5.56 Å². The molecule has 1 rings (SSSR count). The van der Waals surface area contributed by atoms with Gasteiger partial charge in [0.2, 0.25) is 35.4 Å². The summed E-state index contributed by atoms with van der Waals surface area (Å²) in [5, 5.41) is 73.1. The van der Waals surface area contributed by atoms with E-state index in [-0.39, 0.29) is 31.6 Å². The van der Waals surface area contributed by atoms with E-state index in [1.54, 1.807) is 30.3 Å². The molecule has 7 atom stereocenters. The zero-order valence-electron chi connectivity index (χ0n) is 36.1. The fraction of sp³-hybridized carbons (Fsp3) is 0.513. The molecule has 8 amide bonds. The molecule has 0 heterocycles. The van der Waals surface area contributed by atoms with Crippen molar-refractivity contribution in [3.63, 3.8) is 0 Å². The Morgan fingerprint density at radius 1 is 0.500 bits per heavy atom. The lowest BCUT2D eigenvalue weighted by Gasteiger charge is -2.22. The van der Waals surface area contributed by atoms with Gasteiger partial charge in [0.05, 0.1) is 6.42 Å². The maximum absolute atomic E-state index is 13.4. The molecule has 1 aromatic rings. The van der Waals surface area contributed by atoms with Gasteiger partial charge in [-0.2, -0.15) is 12.6 Å². The van der Waals surface area contributed by atoms with Crippen molar-refractivity contribution in [2.24, 2.45) is 5.73 Å². The molecule has 376 valence electrons. The van der Waals surface area contributed by atoms with Crippen LogP contribution in [0.4, 0.5) is 4.79 Å². The number of carboxylic acid groups (broad SMARTS) is 6. The minimum absolute atomic E-state index is 0.00718. The first-order valence-corrected chi connectivity index (χ1v) is 21.1. The van der Waals surface area contributed by atoms with Crippen LogP contribution in [-0.4, -0.2) is 169 Å². The number of nitrogens with two attached hydrogens (primary N) is 1. The molecule has 0 aliphatic heterocycles. The van der Waals surface area contributed by atoms with Crippen molar-refractivity contribution in [3.05, 3.63) is 35.9 Å². The lowest BCUT2D eigenvalue weighted by molar-refractivity contribution is -0.143. The van der Waals surface area contributed by atoms with Crippen LogP contribution in [0.25, 0.3) is 0 Å². The molecule has 0 fully saturated rings. The second-order valence-corrected chi connectivity index (χ2v) is 15.1. The number of carboxylic acids is 6. The fourth-order valence-corrected chi connectivity index (χ4v) is 5.88. The minimum atomic E-state index is -1.76. The van der Waals surface area contributed by atoms with E-state index in [0.717, 1.165) is 0 Å². The maximum atomic E-state index is 13.4. The SMILES string of the molecule is N[C@@H](CNC(=O)CC[C@H](NC(=O)C(Cc1ccccc1)NC(=O)CCCNC(=O)CC[C@H](NC(=O)N[C@@H](CCC(=O)O)C(=O)O)C(=O)O)C(=O)O)C(=O)N[C@@H](CC(=O)O)C(=O)N[C@@H](CS)C(=O)O. The first-order valence-electron chi connectivity index (χ1n) is 20.5. The van der Waals surface area contributed by atoms with Crippen LogP contribution >= 0.6 is 12.6 Å². The van der Waals surface area contributed by atoms with Gasteiger partial charge in [-0.3, -0.25) is 38.4 Å². The van der Waals surface area contributed by atoms with E-state index in [1.807, 2.05) is 16.0 Å². The normalized spacial score (nSPS) is 13.7. The Morgan fingerprint density at radius 3 is 1.47 bits per heavy atom. The molecule has 16 N–H and O–H groups in total. The molecule has 29 heteroatoms. The van der Waals surface area contributed by atoms with Gasteiger partial charge in [0.1, 0.15) is 42.3 Å². The summed E-state index contributed by atoms with van der Waals surface area (Å²) >= 11 is 3.79. The first-order chi connectivity index (χ1) is 31.9. The Labute approximate surface area is 391 Å². The smallest absolute Gasteiger partial charge is 0.327 e. The van der Waals surface area contributed by atoms with E-state index in [2.05, 4.69) is 39.2 Å². The van der Waals surface area contributed by atoms with Crippen molar-refractivity contribution in [2.75, 3.05) is 18.8 Å². The second kappa shape index (κ2) is 30.6. The van der Waals surface area contributed by atoms with Gasteiger partial charge in [-0.25, -0.2) is 24.0 Å². The van der Waals surface area contributed by atoms with Crippen molar-refractivity contribution in [2.45, 2.75) is 107 Å². The van der Waals surface area contributed by atoms with Crippen LogP contribution in [0.3, 0.4) is 0 Å². The standard InChI is InChI=1S/C39H55N9O19S/c40-20(32(56)45-25(16-31(54)55)34(58)46-26(18-68)38(65)66)17-42-28(50)12-8-21(35(59)60)44-33(57)24(15-19-5-2-1-3-6-19)43-29(51)7-4-14-41-27(49)11-9-22(36(61)62)47-39(67)48-23(37(63)64)10-13-30(52)53/h1-3,5-6,20-26,68H,4,7-18,40H2,(H,41,49)(H,42,50)(H,43,51)(H,44,57)(H,45,56)(H,46,58)(H,52,53)(H,54,55)(H,59,60)(H,61,62)(H,63,64)(H,65,66)(H2,47,48,67)/t20-,21-,22-,23-,24?,25-,26-/m0/s1. The molecule has 0 saturated heterocycles. The Morgan fingerprint density at radius 2 is 0.971 bits per heavy atom. The topological polar surface area (TPSA) is 466 Å². The number of benzene rings is 1. The van der Waals surface area contributed by atoms with Crippen molar-refractivity contribution >= 4 is 89.9 Å². The van der Waals surface area contributed by atoms with Crippen molar-refractivity contribution < 1.29 is 93.0 Å². The summed E-state index contributed by atoms with van der Waals surface area (Å²) in [4.78, 5) is 157. The molecule has 0 bridgehead atoms. The summed E-state index contributed by atoms with van der Waals surface area (Å²) in [5.41, 5.74) is 6.35. The molecule has 1 aromatic carbocycles. The highest BCUT2D eigenvalue weighted by atomic mass is 32.1. The Bertz CT molecular complexity index is 1990. The number of amides is 8. The highest BCUT2D eigenvalue weighted by molar-refractivity contribution is 7.80. The number of urea groups is 1. The van der Waals surface area contributed by atoms with Crippen LogP contribution in [0, 0.1) is 0 Å². The predicted octanol–water partition coefficient (Wildman–Crippen LogP) is -4.29. The van der Waals surface area contributed by atoms with Gasteiger partial charge < -0.3 is 78.9 Å². The number of hydrogen-bond acceptors (Lipinski definition) is 15. The van der Waals surface area contributed by atoms with E-state index in [9.17, 15) is 77.6 Å². The third-order valence-corrected chi connectivity index (χ3v) is 9.66. The Balaban J connectivity index is 2.77. The third kappa shape index (κ3) is 24.1. The van der Waals surface area contributed by atoms with Crippen LogP contribution in [0.1, 0.15) is 63.4 Å². The summed E-state index contributed by atoms with van der Waals surface area (Å²) in [5.74, 6) is -14.8. The van der Waals surface area contributed by atoms with Gasteiger partial charge in [0.15, 0.2) is 0 Å². The summed E-state index contributed by atoms with van der Waals surface area (Å²) < 4.78 is 0. The number of carbonyl (C=O) groups excluding carboxylic acids is 7. The van der Waals surface area contributed by atoms with Gasteiger partial charge in [0.25, 0.3) is 0 Å². The number of rotatable bonds is 33. The number of aliphatic carboxylic acids is 6. The zero-order valence-corrected chi connectivity index (χ0v) is 37.0. The lowest BCUT2D eigenvalue weighted by Crippen LogP contribution is -2.57. The zero-order chi connectivity index (χ0) is 51.5. The van der Waals surface area contributed by atoms with Crippen LogP contribution in [0.2, 0.25) is 0 Å². The molecule has 1 unspecified atom stereocenters. The first kappa shape index (κ1) is 58.5. The molecule has 68 heavy (non-hydrogen) atoms. The fourth-order valence-electron chi connectivity index (χ4n) is 5.64. The summed E-state index contributed by atoms with van der Waals surface area (Å²) in [6, 6.07) is -4.09. The van der Waals surface area contributed by atoms with E-state index < -0.39 is 171 Å². The average molecular weight is 986 g/mol. The quantitative estimate of drug-likeness (QED) is 0.0234. The van der Waals surface area contributed by atoms with Crippen molar-refractivity contribution in [1.29, 1.82) is 0 Å². The van der Waals surface area contributed by atoms with Crippen LogP contribution in [-0.2, 0) is 64.0 Å². The highest BCUT2D eigenvalue weighted by Gasteiger charge is 2.31. The number of nitrogens with one attached hydrogen (secondary N) is 8. The van der Waals surface area contributed by atoms with Gasteiger partial charge >= 0.3 is 41.8 Å². The summed E-state index contributed by atoms with van der Waals surface area (Å²) in [7, 11) is 0. The maximum Gasteiger partial charge on any atom is 0.327 e. The Hall–Kier alpha value is -7.56. The molecular formula is C39H55N9O19S. The largest absolute Gasteiger partial charge is 0.481 e. The Kier molecular flexibility index (Phi) is 26.3. The van der Waals surface area contributed by atoms with E-state index in [1.165, 1.54) is 0 Å². The number of thiol groups is 1. The van der Waals surface area contributed by atoms with E-state index in [4.69, 9.17) is 21.1 Å². The summed E-state index contributed by atoms with van der Waals surface area (Å²) in [6.45, 7) is -0.690. The third-order valence-electron chi connectivity index (χ3n) is 9.29. The second-order valence-electron chi connectivity index (χ2n) is 14.7. The molecule has 0 saturated carbocycles. The molecule has 0 spiro atoms. The predicted molar refractivity (Wildman–Crippen MR) is 232 cm³/mol. The molecule has 0 radical (unpaired) electrons. The average Bonchev–Trinajstić information content (AvgIpc) is 3.26. The van der Waals surface area contributed by atoms with Crippen molar-refractivity contribution in [1.82, 2.24) is 42.5 Å². The summed E-state index contributed by atoms with van der Waals surface area (Å²) in [6.07, 6.45) is -4.30. The molecule has 0 aromatic heterocycles. The van der Waals surface area contributed by atoms with Gasteiger partial charge in [-0.05, 0) is 31.2 Å². The van der Waals surface area contributed by atoms with Crippen LogP contribution in [0.5, 0.6) is 0 Å². The van der Waals surface area contributed by atoms with Crippen LogP contribution < -0.4 is 48.3 Å². The van der Waals surface area contributed by atoms with Crippen LogP contribution in [0.15, 0.2) is 30.3 Å². The minimum Gasteiger partial charge on any atom is -0.481 e. The highest BCUT2D eigenvalue weighted by Crippen LogP contribution is 2.08. The number of hydrogen-bond donors (Lipinski definition) is 16. The molecule has 0 aliphatic carbocycles. The van der Waals surface area contributed by atoms with E-state index >= 15 is 0 Å². The van der Waals surface area contributed by atoms with Gasteiger partial charge in [-0.1, -0.05) is 30.3 Å². The molecular weight excluding hydrogens is 931 g/mol. The monoisotopic (exact) mass is 985 g/mol. The van der Waals surface area contributed by atoms with Gasteiger partial charge in [-0.15, -0.1) is 0 Å².